The van der Waals surface area contributed by atoms with E-state index in [0.29, 0.717) is 11.4 Å². The highest BCUT2D eigenvalue weighted by atomic mass is 16.5. The van der Waals surface area contributed by atoms with Crippen molar-refractivity contribution in [3.63, 3.8) is 0 Å². The van der Waals surface area contributed by atoms with E-state index in [1.165, 1.54) is 18.5 Å². The summed E-state index contributed by atoms with van der Waals surface area (Å²) in [5.41, 5.74) is 6.75. The van der Waals surface area contributed by atoms with Gasteiger partial charge >= 0.3 is 0 Å². The Hall–Kier alpha value is -2.76. The number of aromatic nitrogens is 1. The van der Waals surface area contributed by atoms with Crippen molar-refractivity contribution >= 4 is 11.6 Å². The van der Waals surface area contributed by atoms with Crippen LogP contribution in [0.5, 0.6) is 5.75 Å². The molecule has 0 unspecified atom stereocenters. The van der Waals surface area contributed by atoms with Crippen molar-refractivity contribution in [2.45, 2.75) is 6.54 Å². The van der Waals surface area contributed by atoms with Crippen molar-refractivity contribution in [3.05, 3.63) is 58.0 Å². The van der Waals surface area contributed by atoms with Crippen LogP contribution in [0.15, 0.2) is 41.5 Å². The molecule has 0 bridgehead atoms. The number of aromatic amines is 1. The Morgan fingerprint density at radius 2 is 2.20 bits per heavy atom. The van der Waals surface area contributed by atoms with Crippen LogP contribution in [0.25, 0.3) is 0 Å². The highest BCUT2D eigenvalue weighted by molar-refractivity contribution is 5.93. The molecule has 6 heteroatoms. The molecule has 1 aromatic heterocycles. The summed E-state index contributed by atoms with van der Waals surface area (Å²) in [5.74, 6) is 0.179. The standard InChI is InChI=1S/C14H15N3O3/c1-20-13-3-2-10(15)6-9(13)7-17-14(19)11-8-16-5-4-12(11)18/h2-6,8H,7,15H2,1H3,(H,16,18)(H,17,19). The maximum atomic E-state index is 11.9. The number of nitrogen functional groups attached to an aromatic ring is 1. The molecule has 0 saturated heterocycles. The van der Waals surface area contributed by atoms with Gasteiger partial charge in [0.25, 0.3) is 5.91 Å². The molecule has 1 heterocycles. The Morgan fingerprint density at radius 3 is 2.90 bits per heavy atom. The van der Waals surface area contributed by atoms with E-state index in [1.54, 1.807) is 25.3 Å². The fraction of sp³-hybridized carbons (Fsp3) is 0.143. The Kier molecular flexibility index (Phi) is 4.05. The summed E-state index contributed by atoms with van der Waals surface area (Å²) < 4.78 is 5.19. The number of nitrogens with one attached hydrogen (secondary N) is 2. The first-order chi connectivity index (χ1) is 9.61. The molecule has 0 aliphatic carbocycles. The van der Waals surface area contributed by atoms with Gasteiger partial charge < -0.3 is 20.8 Å². The predicted octanol–water partition coefficient (Wildman–Crippen LogP) is 0.896. The van der Waals surface area contributed by atoms with Gasteiger partial charge in [0.1, 0.15) is 11.3 Å². The van der Waals surface area contributed by atoms with Crippen LogP contribution in [0.2, 0.25) is 0 Å². The third kappa shape index (κ3) is 2.97. The van der Waals surface area contributed by atoms with Crippen molar-refractivity contribution in [3.8, 4) is 5.75 Å². The topological polar surface area (TPSA) is 97.2 Å². The van der Waals surface area contributed by atoms with Gasteiger partial charge in [-0.3, -0.25) is 9.59 Å². The van der Waals surface area contributed by atoms with Crippen molar-refractivity contribution in [1.82, 2.24) is 10.3 Å². The first-order valence-corrected chi connectivity index (χ1v) is 5.99. The first-order valence-electron chi connectivity index (χ1n) is 5.99. The van der Waals surface area contributed by atoms with Gasteiger partial charge in [-0.05, 0) is 18.2 Å². The zero-order valence-corrected chi connectivity index (χ0v) is 11.0. The molecule has 0 atom stereocenters. The monoisotopic (exact) mass is 273 g/mol. The first kappa shape index (κ1) is 13.7. The van der Waals surface area contributed by atoms with Crippen LogP contribution in [0.1, 0.15) is 15.9 Å². The summed E-state index contributed by atoms with van der Waals surface area (Å²) in [6, 6.07) is 6.46. The normalized spacial score (nSPS) is 10.1. The van der Waals surface area contributed by atoms with E-state index in [2.05, 4.69) is 10.3 Å². The summed E-state index contributed by atoms with van der Waals surface area (Å²) in [4.78, 5) is 26.2. The van der Waals surface area contributed by atoms with Gasteiger partial charge in [0, 0.05) is 36.3 Å². The lowest BCUT2D eigenvalue weighted by molar-refractivity contribution is 0.0949. The summed E-state index contributed by atoms with van der Waals surface area (Å²) in [5, 5.41) is 2.66. The predicted molar refractivity (Wildman–Crippen MR) is 75.6 cm³/mol. The fourth-order valence-corrected chi connectivity index (χ4v) is 1.80. The molecule has 0 aliphatic rings. The van der Waals surface area contributed by atoms with Crippen LogP contribution in [-0.2, 0) is 6.54 Å². The zero-order valence-electron chi connectivity index (χ0n) is 11.0. The van der Waals surface area contributed by atoms with Crippen LogP contribution >= 0.6 is 0 Å². The molecule has 0 saturated carbocycles. The SMILES string of the molecule is COc1ccc(N)cc1CNC(=O)c1c[nH]ccc1=O. The Bertz CT molecular complexity index is 679. The highest BCUT2D eigenvalue weighted by Crippen LogP contribution is 2.20. The third-order valence-corrected chi connectivity index (χ3v) is 2.81. The molecular formula is C14H15N3O3. The van der Waals surface area contributed by atoms with Gasteiger partial charge in [-0.1, -0.05) is 0 Å². The van der Waals surface area contributed by atoms with Gasteiger partial charge in [-0.15, -0.1) is 0 Å². The van der Waals surface area contributed by atoms with E-state index in [0.717, 1.165) is 5.56 Å². The van der Waals surface area contributed by atoms with Gasteiger partial charge in [0.2, 0.25) is 0 Å². The Balaban J connectivity index is 2.13. The van der Waals surface area contributed by atoms with Crippen molar-refractivity contribution in [2.75, 3.05) is 12.8 Å². The van der Waals surface area contributed by atoms with Gasteiger partial charge in [0.15, 0.2) is 5.43 Å². The second kappa shape index (κ2) is 5.92. The second-order valence-electron chi connectivity index (χ2n) is 4.18. The molecule has 4 N–H and O–H groups in total. The van der Waals surface area contributed by atoms with Gasteiger partial charge in [-0.2, -0.15) is 0 Å². The molecule has 1 aromatic carbocycles. The number of rotatable bonds is 4. The lowest BCUT2D eigenvalue weighted by Crippen LogP contribution is -2.28. The van der Waals surface area contributed by atoms with E-state index in [-0.39, 0.29) is 17.5 Å². The number of hydrogen-bond donors (Lipinski definition) is 3. The minimum Gasteiger partial charge on any atom is -0.496 e. The fourth-order valence-electron chi connectivity index (χ4n) is 1.80. The summed E-state index contributed by atoms with van der Waals surface area (Å²) >= 11 is 0. The molecule has 0 radical (unpaired) electrons. The number of carbonyl (C=O) groups excluding carboxylic acids is 1. The van der Waals surface area contributed by atoms with Gasteiger partial charge in [-0.25, -0.2) is 0 Å². The minimum absolute atomic E-state index is 0.0652. The number of hydrogen-bond acceptors (Lipinski definition) is 4. The van der Waals surface area contributed by atoms with Gasteiger partial charge in [0.05, 0.1) is 7.11 Å². The van der Waals surface area contributed by atoms with E-state index in [4.69, 9.17) is 10.5 Å². The maximum Gasteiger partial charge on any atom is 0.257 e. The van der Waals surface area contributed by atoms with E-state index < -0.39 is 5.91 Å². The summed E-state index contributed by atoms with van der Waals surface area (Å²) in [7, 11) is 1.54. The van der Waals surface area contributed by atoms with Crippen LogP contribution in [0.4, 0.5) is 5.69 Å². The molecule has 2 aromatic rings. The zero-order chi connectivity index (χ0) is 14.5. The van der Waals surface area contributed by atoms with E-state index in [9.17, 15) is 9.59 Å². The largest absolute Gasteiger partial charge is 0.496 e. The molecule has 6 nitrogen and oxygen atoms in total. The number of carbonyl (C=O) groups is 1. The highest BCUT2D eigenvalue weighted by Gasteiger charge is 2.10. The van der Waals surface area contributed by atoms with E-state index >= 15 is 0 Å². The average molecular weight is 273 g/mol. The maximum absolute atomic E-state index is 11.9. The van der Waals surface area contributed by atoms with Crippen LogP contribution in [-0.4, -0.2) is 18.0 Å². The molecular weight excluding hydrogens is 258 g/mol. The van der Waals surface area contributed by atoms with Crippen molar-refractivity contribution in [1.29, 1.82) is 0 Å². The number of H-pyrrole nitrogens is 1. The number of benzene rings is 1. The molecule has 0 spiro atoms. The van der Waals surface area contributed by atoms with Crippen LogP contribution < -0.4 is 21.2 Å². The number of pyridine rings is 1. The molecule has 0 fully saturated rings. The summed E-state index contributed by atoms with van der Waals surface area (Å²) in [6.07, 6.45) is 2.84. The molecule has 0 aliphatic heterocycles. The van der Waals surface area contributed by atoms with Crippen LogP contribution in [0.3, 0.4) is 0 Å². The number of amides is 1. The van der Waals surface area contributed by atoms with Crippen molar-refractivity contribution < 1.29 is 9.53 Å². The second-order valence-corrected chi connectivity index (χ2v) is 4.18. The lowest BCUT2D eigenvalue weighted by atomic mass is 10.1. The molecule has 20 heavy (non-hydrogen) atoms. The van der Waals surface area contributed by atoms with E-state index in [1.807, 2.05) is 0 Å². The summed E-state index contributed by atoms with van der Waals surface area (Å²) in [6.45, 7) is 0.224. The molecule has 104 valence electrons. The van der Waals surface area contributed by atoms with Crippen molar-refractivity contribution in [2.24, 2.45) is 0 Å². The smallest absolute Gasteiger partial charge is 0.257 e. The lowest BCUT2D eigenvalue weighted by Gasteiger charge is -2.10. The Morgan fingerprint density at radius 1 is 1.40 bits per heavy atom. The third-order valence-electron chi connectivity index (χ3n) is 2.81. The Labute approximate surface area is 115 Å². The minimum atomic E-state index is -0.448. The number of nitrogens with two attached hydrogens (primary N) is 1. The average Bonchev–Trinajstić information content (AvgIpc) is 2.45. The van der Waals surface area contributed by atoms with Crippen LogP contribution in [0, 0.1) is 0 Å². The quantitative estimate of drug-likeness (QED) is 0.721. The molecule has 1 amide bonds. The molecule has 2 rings (SSSR count). The number of ether oxygens (including phenoxy) is 1. The number of anilines is 1. The number of methoxy groups -OCH3 is 1.